The lowest BCUT2D eigenvalue weighted by Crippen LogP contribution is -2.13. The fourth-order valence-electron chi connectivity index (χ4n) is 2.67. The van der Waals surface area contributed by atoms with E-state index in [1.807, 2.05) is 48.5 Å². The van der Waals surface area contributed by atoms with Crippen molar-refractivity contribution in [1.29, 1.82) is 0 Å². The molecule has 2 heterocycles. The molecule has 2 aromatic carbocycles. The smallest absolute Gasteiger partial charge is 0.258 e. The number of rotatable bonds is 4. The van der Waals surface area contributed by atoms with E-state index in [4.69, 9.17) is 9.72 Å². The highest BCUT2D eigenvalue weighted by Crippen LogP contribution is 2.28. The minimum Gasteiger partial charge on any atom is -0.497 e. The summed E-state index contributed by atoms with van der Waals surface area (Å²) in [5, 5.41) is 11.6. The van der Waals surface area contributed by atoms with Gasteiger partial charge in [0.1, 0.15) is 11.3 Å². The topological polar surface area (TPSA) is 77.0 Å². The van der Waals surface area contributed by atoms with Crippen molar-refractivity contribution in [3.63, 3.8) is 0 Å². The Labute approximate surface area is 153 Å². The molecule has 1 N–H and O–H groups in total. The van der Waals surface area contributed by atoms with E-state index in [1.54, 1.807) is 18.7 Å². The fraction of sp³-hybridized carbons (Fsp3) is 0.0526. The lowest BCUT2D eigenvalue weighted by Gasteiger charge is -2.10. The van der Waals surface area contributed by atoms with Crippen LogP contribution in [-0.4, -0.2) is 28.2 Å². The van der Waals surface area contributed by atoms with Gasteiger partial charge in [0, 0.05) is 17.0 Å². The van der Waals surface area contributed by atoms with E-state index >= 15 is 0 Å². The Morgan fingerprint density at radius 3 is 2.69 bits per heavy atom. The molecule has 4 aromatic rings. The molecule has 4 rings (SSSR count). The summed E-state index contributed by atoms with van der Waals surface area (Å²) in [6, 6.07) is 17.0. The number of amides is 1. The number of fused-ring (bicyclic) bond motifs is 1. The van der Waals surface area contributed by atoms with Gasteiger partial charge in [0.2, 0.25) is 5.13 Å². The van der Waals surface area contributed by atoms with Crippen molar-refractivity contribution < 1.29 is 9.53 Å². The van der Waals surface area contributed by atoms with Crippen molar-refractivity contribution in [3.8, 4) is 17.0 Å². The average molecular weight is 362 g/mol. The molecule has 128 valence electrons. The Balaban J connectivity index is 1.87. The van der Waals surface area contributed by atoms with Crippen LogP contribution in [0.3, 0.4) is 0 Å². The van der Waals surface area contributed by atoms with E-state index < -0.39 is 0 Å². The molecule has 0 aliphatic heterocycles. The molecule has 0 radical (unpaired) electrons. The van der Waals surface area contributed by atoms with Crippen LogP contribution < -0.4 is 10.1 Å². The van der Waals surface area contributed by atoms with E-state index in [-0.39, 0.29) is 5.91 Å². The normalized spacial score (nSPS) is 10.7. The van der Waals surface area contributed by atoms with Crippen LogP contribution in [0.1, 0.15) is 10.4 Å². The highest BCUT2D eigenvalue weighted by molar-refractivity contribution is 7.13. The zero-order chi connectivity index (χ0) is 17.9. The third-order valence-electron chi connectivity index (χ3n) is 3.91. The van der Waals surface area contributed by atoms with Crippen molar-refractivity contribution in [2.45, 2.75) is 0 Å². The Bertz CT molecular complexity index is 1070. The van der Waals surface area contributed by atoms with Gasteiger partial charge in [-0.05, 0) is 18.2 Å². The highest BCUT2D eigenvalue weighted by Gasteiger charge is 2.16. The van der Waals surface area contributed by atoms with E-state index in [0.717, 1.165) is 10.9 Å². The number of aromatic nitrogens is 3. The molecular weight excluding hydrogens is 348 g/mol. The zero-order valence-corrected chi connectivity index (χ0v) is 14.7. The zero-order valence-electron chi connectivity index (χ0n) is 13.8. The fourth-order valence-corrected chi connectivity index (χ4v) is 3.11. The van der Waals surface area contributed by atoms with Gasteiger partial charge in [-0.15, -0.1) is 10.2 Å². The Hall–Kier alpha value is -3.32. The van der Waals surface area contributed by atoms with Gasteiger partial charge in [-0.2, -0.15) is 0 Å². The van der Waals surface area contributed by atoms with Gasteiger partial charge in [-0.25, -0.2) is 4.98 Å². The molecule has 0 fully saturated rings. The molecule has 7 heteroatoms. The molecule has 1 amide bonds. The van der Waals surface area contributed by atoms with Crippen molar-refractivity contribution in [3.05, 3.63) is 65.7 Å². The third kappa shape index (κ3) is 3.12. The first kappa shape index (κ1) is 16.2. The van der Waals surface area contributed by atoms with E-state index in [0.29, 0.717) is 27.7 Å². The lowest BCUT2D eigenvalue weighted by atomic mass is 10.0. The van der Waals surface area contributed by atoms with Crippen LogP contribution in [0.2, 0.25) is 0 Å². The van der Waals surface area contributed by atoms with Crippen LogP contribution >= 0.6 is 11.3 Å². The van der Waals surface area contributed by atoms with Gasteiger partial charge in [0.05, 0.1) is 23.9 Å². The van der Waals surface area contributed by atoms with E-state index in [2.05, 4.69) is 15.5 Å². The largest absolute Gasteiger partial charge is 0.497 e. The maximum absolute atomic E-state index is 12.8. The second kappa shape index (κ2) is 6.89. The molecule has 0 spiro atoms. The number of ether oxygens (including phenoxy) is 1. The predicted molar refractivity (Wildman–Crippen MR) is 102 cm³/mol. The molecule has 0 atom stereocenters. The monoisotopic (exact) mass is 362 g/mol. The minimum atomic E-state index is -0.253. The van der Waals surface area contributed by atoms with Crippen LogP contribution in [0.4, 0.5) is 5.13 Å². The number of hydrogen-bond donors (Lipinski definition) is 1. The third-order valence-corrected chi connectivity index (χ3v) is 4.52. The number of nitrogens with one attached hydrogen (secondary N) is 1. The van der Waals surface area contributed by atoms with Gasteiger partial charge >= 0.3 is 0 Å². The number of carbonyl (C=O) groups is 1. The molecule has 0 saturated carbocycles. The van der Waals surface area contributed by atoms with Gasteiger partial charge in [-0.1, -0.05) is 41.7 Å². The SMILES string of the molecule is COc1ccc2c(C(=O)Nc3nncs3)cc(-c3ccccc3)nc2c1. The van der Waals surface area contributed by atoms with Gasteiger partial charge in [0.15, 0.2) is 0 Å². The summed E-state index contributed by atoms with van der Waals surface area (Å²) in [4.78, 5) is 17.5. The molecule has 0 saturated heterocycles. The highest BCUT2D eigenvalue weighted by atomic mass is 32.1. The number of methoxy groups -OCH3 is 1. The van der Waals surface area contributed by atoms with E-state index in [9.17, 15) is 4.79 Å². The molecule has 6 nitrogen and oxygen atoms in total. The first-order valence-electron chi connectivity index (χ1n) is 7.86. The lowest BCUT2D eigenvalue weighted by molar-refractivity contribution is 0.102. The molecule has 0 bridgehead atoms. The summed E-state index contributed by atoms with van der Waals surface area (Å²) in [5.74, 6) is 0.433. The number of nitrogens with zero attached hydrogens (tertiary/aromatic N) is 3. The molecule has 0 aliphatic carbocycles. The number of carbonyl (C=O) groups excluding carboxylic acids is 1. The number of hydrogen-bond acceptors (Lipinski definition) is 6. The van der Waals surface area contributed by atoms with Crippen LogP contribution in [0.25, 0.3) is 22.2 Å². The van der Waals surface area contributed by atoms with Gasteiger partial charge in [0.25, 0.3) is 5.91 Å². The van der Waals surface area contributed by atoms with Crippen LogP contribution in [-0.2, 0) is 0 Å². The maximum Gasteiger partial charge on any atom is 0.258 e. The molecule has 26 heavy (non-hydrogen) atoms. The number of benzene rings is 2. The van der Waals surface area contributed by atoms with Crippen molar-refractivity contribution in [2.24, 2.45) is 0 Å². The van der Waals surface area contributed by atoms with Crippen LogP contribution in [0.5, 0.6) is 5.75 Å². The minimum absolute atomic E-state index is 0.253. The van der Waals surface area contributed by atoms with Gasteiger partial charge < -0.3 is 4.74 Å². The number of pyridine rings is 1. The summed E-state index contributed by atoms with van der Waals surface area (Å²) in [5.41, 5.74) is 4.43. The second-order valence-electron chi connectivity index (χ2n) is 5.50. The average Bonchev–Trinajstić information content (AvgIpc) is 3.20. The van der Waals surface area contributed by atoms with Gasteiger partial charge in [-0.3, -0.25) is 10.1 Å². The Morgan fingerprint density at radius 1 is 1.12 bits per heavy atom. The summed E-state index contributed by atoms with van der Waals surface area (Å²) in [6.45, 7) is 0. The second-order valence-corrected chi connectivity index (χ2v) is 6.34. The summed E-state index contributed by atoms with van der Waals surface area (Å²) >= 11 is 1.27. The summed E-state index contributed by atoms with van der Waals surface area (Å²) in [6.07, 6.45) is 0. The predicted octanol–water partition coefficient (Wildman–Crippen LogP) is 4.01. The van der Waals surface area contributed by atoms with Crippen LogP contribution in [0, 0.1) is 0 Å². The Kier molecular flexibility index (Phi) is 4.28. The van der Waals surface area contributed by atoms with Crippen LogP contribution in [0.15, 0.2) is 60.1 Å². The maximum atomic E-state index is 12.8. The number of anilines is 1. The van der Waals surface area contributed by atoms with Crippen molar-refractivity contribution in [1.82, 2.24) is 15.2 Å². The van der Waals surface area contributed by atoms with E-state index in [1.165, 1.54) is 11.3 Å². The van der Waals surface area contributed by atoms with Crippen molar-refractivity contribution >= 4 is 33.3 Å². The standard InChI is InChI=1S/C19H14N4O2S/c1-25-13-7-8-14-15(18(24)22-19-23-20-11-26-19)10-16(21-17(14)9-13)12-5-3-2-4-6-12/h2-11H,1H3,(H,22,23,24). The molecule has 2 aromatic heterocycles. The molecular formula is C19H14N4O2S. The Morgan fingerprint density at radius 2 is 1.96 bits per heavy atom. The molecule has 0 aliphatic rings. The van der Waals surface area contributed by atoms with Crippen molar-refractivity contribution in [2.75, 3.05) is 12.4 Å². The first-order valence-corrected chi connectivity index (χ1v) is 8.74. The molecule has 0 unspecified atom stereocenters. The summed E-state index contributed by atoms with van der Waals surface area (Å²) < 4.78 is 5.30. The quantitative estimate of drug-likeness (QED) is 0.593. The first-order chi connectivity index (χ1) is 12.7. The summed E-state index contributed by atoms with van der Waals surface area (Å²) in [7, 11) is 1.60.